The summed E-state index contributed by atoms with van der Waals surface area (Å²) >= 11 is 6.46. The highest BCUT2D eigenvalue weighted by atomic mass is 35.5. The highest BCUT2D eigenvalue weighted by molar-refractivity contribution is 6.31. The third-order valence-electron chi connectivity index (χ3n) is 6.13. The van der Waals surface area contributed by atoms with Crippen LogP contribution >= 0.6 is 11.6 Å². The van der Waals surface area contributed by atoms with Gasteiger partial charge in [0, 0.05) is 21.5 Å². The molecule has 2 nitrogen and oxygen atoms in total. The van der Waals surface area contributed by atoms with Crippen molar-refractivity contribution in [2.45, 2.75) is 44.6 Å². The number of rotatable bonds is 4. The number of anilines is 1. The number of halogens is 1. The lowest BCUT2D eigenvalue weighted by molar-refractivity contribution is 0.518. The molecule has 2 aromatic carbocycles. The van der Waals surface area contributed by atoms with Gasteiger partial charge >= 0.3 is 0 Å². The minimum absolute atomic E-state index is 0.0223. The van der Waals surface area contributed by atoms with Crippen molar-refractivity contribution >= 4 is 28.7 Å². The molecule has 0 aliphatic carbocycles. The number of allylic oxidation sites excluding steroid dienone is 5. The fraction of sp³-hybridized carbons (Fsp3) is 0.269. The second-order valence-corrected chi connectivity index (χ2v) is 9.23. The second-order valence-electron chi connectivity index (χ2n) is 8.80. The van der Waals surface area contributed by atoms with Gasteiger partial charge in [0.1, 0.15) is 0 Å². The molecular formula is C26H27ClN2. The van der Waals surface area contributed by atoms with E-state index in [4.69, 9.17) is 16.6 Å². The molecule has 2 aliphatic heterocycles. The Balaban J connectivity index is 1.46. The Morgan fingerprint density at radius 3 is 2.41 bits per heavy atom. The first kappa shape index (κ1) is 19.7. The molecule has 4 rings (SSSR count). The Morgan fingerprint density at radius 2 is 1.69 bits per heavy atom. The average Bonchev–Trinajstić information content (AvgIpc) is 3.10. The summed E-state index contributed by atoms with van der Waals surface area (Å²) in [4.78, 5) is 4.78. The number of benzene rings is 2. The van der Waals surface area contributed by atoms with Gasteiger partial charge in [-0.15, -0.1) is 0 Å². The molecule has 29 heavy (non-hydrogen) atoms. The molecule has 148 valence electrons. The first-order valence-electron chi connectivity index (χ1n) is 10.1. The van der Waals surface area contributed by atoms with Gasteiger partial charge in [-0.05, 0) is 41.5 Å². The molecule has 0 saturated heterocycles. The highest BCUT2D eigenvalue weighted by Crippen LogP contribution is 2.41. The zero-order valence-electron chi connectivity index (χ0n) is 17.4. The molecule has 2 heterocycles. The number of hydrogen-bond acceptors (Lipinski definition) is 2. The molecule has 1 unspecified atom stereocenters. The number of nitrogens with zero attached hydrogens (tertiary/aromatic N) is 1. The van der Waals surface area contributed by atoms with Crippen molar-refractivity contribution in [2.24, 2.45) is 4.99 Å². The van der Waals surface area contributed by atoms with Crippen molar-refractivity contribution in [3.63, 3.8) is 0 Å². The second kappa shape index (κ2) is 7.35. The fourth-order valence-corrected chi connectivity index (χ4v) is 4.35. The molecule has 0 amide bonds. The summed E-state index contributed by atoms with van der Waals surface area (Å²) in [7, 11) is 0. The van der Waals surface area contributed by atoms with E-state index in [-0.39, 0.29) is 16.9 Å². The minimum atomic E-state index is -0.0905. The van der Waals surface area contributed by atoms with Crippen LogP contribution in [0, 0.1) is 0 Å². The third-order valence-corrected chi connectivity index (χ3v) is 6.38. The fourth-order valence-electron chi connectivity index (χ4n) is 4.20. The van der Waals surface area contributed by atoms with Crippen LogP contribution in [0.15, 0.2) is 88.9 Å². The monoisotopic (exact) mass is 402 g/mol. The SMILES string of the molecule is CC1(C)C(C=CC=C(Cl)C=CC2Nc3ccccc3C2(C)C)=Nc2ccccc21. The molecular weight excluding hydrogens is 376 g/mol. The van der Waals surface area contributed by atoms with Crippen LogP contribution in [0.3, 0.4) is 0 Å². The van der Waals surface area contributed by atoms with Gasteiger partial charge in [-0.3, -0.25) is 4.99 Å². The van der Waals surface area contributed by atoms with Gasteiger partial charge in [0.2, 0.25) is 0 Å². The van der Waals surface area contributed by atoms with E-state index in [1.807, 2.05) is 24.3 Å². The zero-order valence-corrected chi connectivity index (χ0v) is 18.2. The van der Waals surface area contributed by atoms with Gasteiger partial charge < -0.3 is 5.32 Å². The van der Waals surface area contributed by atoms with E-state index >= 15 is 0 Å². The molecule has 0 spiro atoms. The van der Waals surface area contributed by atoms with E-state index in [0.717, 1.165) is 11.4 Å². The van der Waals surface area contributed by atoms with Gasteiger partial charge in [-0.1, -0.05) is 87.8 Å². The normalized spacial score (nSPS) is 21.9. The van der Waals surface area contributed by atoms with E-state index in [1.54, 1.807) is 0 Å². The molecule has 0 bridgehead atoms. The molecule has 0 fully saturated rings. The van der Waals surface area contributed by atoms with Crippen LogP contribution in [0.1, 0.15) is 38.8 Å². The quantitative estimate of drug-likeness (QED) is 0.544. The third kappa shape index (κ3) is 3.58. The minimum Gasteiger partial charge on any atom is -0.378 e. The van der Waals surface area contributed by atoms with E-state index in [1.165, 1.54) is 16.8 Å². The van der Waals surface area contributed by atoms with Crippen LogP contribution in [-0.4, -0.2) is 11.8 Å². The Labute approximate surface area is 178 Å². The summed E-state index contributed by atoms with van der Waals surface area (Å²) in [6, 6.07) is 17.0. The first-order valence-corrected chi connectivity index (χ1v) is 10.4. The van der Waals surface area contributed by atoms with Crippen molar-refractivity contribution in [1.29, 1.82) is 0 Å². The van der Waals surface area contributed by atoms with Gasteiger partial charge in [-0.25, -0.2) is 0 Å². The number of nitrogens with one attached hydrogen (secondary N) is 1. The number of aliphatic imine (C=N–C) groups is 1. The lowest BCUT2D eigenvalue weighted by Gasteiger charge is -2.25. The summed E-state index contributed by atoms with van der Waals surface area (Å²) in [5.41, 5.74) is 5.85. The molecule has 0 aromatic heterocycles. The van der Waals surface area contributed by atoms with Crippen molar-refractivity contribution in [1.82, 2.24) is 0 Å². The van der Waals surface area contributed by atoms with Crippen LogP contribution < -0.4 is 5.32 Å². The van der Waals surface area contributed by atoms with Crippen molar-refractivity contribution in [2.75, 3.05) is 5.32 Å². The zero-order chi connectivity index (χ0) is 20.6. The summed E-state index contributed by atoms with van der Waals surface area (Å²) in [6.45, 7) is 8.93. The van der Waals surface area contributed by atoms with E-state index in [2.05, 4.69) is 87.6 Å². The maximum atomic E-state index is 6.46. The topological polar surface area (TPSA) is 24.4 Å². The van der Waals surface area contributed by atoms with Gasteiger partial charge in [-0.2, -0.15) is 0 Å². The molecule has 2 aromatic rings. The Morgan fingerprint density at radius 1 is 1.00 bits per heavy atom. The predicted molar refractivity (Wildman–Crippen MR) is 126 cm³/mol. The van der Waals surface area contributed by atoms with Crippen LogP contribution in [-0.2, 0) is 10.8 Å². The van der Waals surface area contributed by atoms with Crippen LogP contribution in [0.5, 0.6) is 0 Å². The Bertz CT molecular complexity index is 1050. The first-order chi connectivity index (χ1) is 13.8. The lowest BCUT2D eigenvalue weighted by atomic mass is 9.80. The van der Waals surface area contributed by atoms with Crippen LogP contribution in [0.2, 0.25) is 0 Å². The van der Waals surface area contributed by atoms with Gasteiger partial charge in [0.15, 0.2) is 0 Å². The summed E-state index contributed by atoms with van der Waals surface area (Å²) in [5.74, 6) is 0. The Kier molecular flexibility index (Phi) is 5.00. The molecule has 0 radical (unpaired) electrons. The van der Waals surface area contributed by atoms with E-state index < -0.39 is 0 Å². The van der Waals surface area contributed by atoms with Crippen molar-refractivity contribution in [3.8, 4) is 0 Å². The lowest BCUT2D eigenvalue weighted by Crippen LogP contribution is -2.31. The maximum absolute atomic E-state index is 6.46. The largest absolute Gasteiger partial charge is 0.378 e. The molecule has 2 aliphatic rings. The number of hydrogen-bond donors (Lipinski definition) is 1. The summed E-state index contributed by atoms with van der Waals surface area (Å²) in [6.07, 6.45) is 10.1. The Hall–Kier alpha value is -2.58. The number of para-hydroxylation sites is 2. The molecule has 0 saturated carbocycles. The van der Waals surface area contributed by atoms with Crippen molar-refractivity contribution < 1.29 is 0 Å². The average molecular weight is 403 g/mol. The summed E-state index contributed by atoms with van der Waals surface area (Å²) < 4.78 is 0. The van der Waals surface area contributed by atoms with E-state index in [9.17, 15) is 0 Å². The van der Waals surface area contributed by atoms with Crippen molar-refractivity contribution in [3.05, 3.63) is 95.1 Å². The van der Waals surface area contributed by atoms with E-state index in [0.29, 0.717) is 5.03 Å². The van der Waals surface area contributed by atoms with Crippen LogP contribution in [0.25, 0.3) is 0 Å². The summed E-state index contributed by atoms with van der Waals surface area (Å²) in [5, 5.41) is 4.29. The smallest absolute Gasteiger partial charge is 0.0674 e. The maximum Gasteiger partial charge on any atom is 0.0674 e. The molecule has 1 N–H and O–H groups in total. The predicted octanol–water partition coefficient (Wildman–Crippen LogP) is 7.06. The molecule has 1 atom stereocenters. The number of fused-ring (bicyclic) bond motifs is 2. The van der Waals surface area contributed by atoms with Gasteiger partial charge in [0.25, 0.3) is 0 Å². The van der Waals surface area contributed by atoms with Crippen LogP contribution in [0.4, 0.5) is 11.4 Å². The molecule has 3 heteroatoms. The van der Waals surface area contributed by atoms with Gasteiger partial charge in [0.05, 0.1) is 17.4 Å². The highest BCUT2D eigenvalue weighted by Gasteiger charge is 2.37. The standard InChI is InChI=1S/C26H27ClN2/c1-25(2)19-11-5-7-13-21(19)28-23(25)15-9-10-18(27)16-17-24-26(3,4)20-12-6-8-14-22(20)29-24/h5-17,24,29H,1-4H3.